The molecular formula is C28H35F2NO4. The number of likely N-dealkylation sites (tertiary alicyclic amines) is 1. The number of carboxylic acid groups (broad SMARTS) is 1. The average molecular weight is 488 g/mol. The zero-order valence-electron chi connectivity index (χ0n) is 20.4. The van der Waals surface area contributed by atoms with E-state index in [-0.39, 0.29) is 31.3 Å². The van der Waals surface area contributed by atoms with Gasteiger partial charge in [0.15, 0.2) is 0 Å². The van der Waals surface area contributed by atoms with Crippen molar-refractivity contribution in [3.63, 3.8) is 0 Å². The highest BCUT2D eigenvalue weighted by atomic mass is 19.1. The molecule has 0 radical (unpaired) electrons. The lowest BCUT2D eigenvalue weighted by atomic mass is 9.98. The number of aliphatic hydroxyl groups excluding tert-OH is 1. The summed E-state index contributed by atoms with van der Waals surface area (Å²) in [6.07, 6.45) is 5.61. The SMILES string of the molecule is Cc1ccc(C/C=C/C2CCCN2C[C@@H](O)CO[C@H](C)c2cccc(F)c2CCC(=O)O)cc1F. The molecule has 0 saturated carbocycles. The molecule has 2 aromatic carbocycles. The first-order valence-electron chi connectivity index (χ1n) is 12.2. The van der Waals surface area contributed by atoms with E-state index < -0.39 is 24.0 Å². The Morgan fingerprint density at radius 3 is 2.80 bits per heavy atom. The van der Waals surface area contributed by atoms with Gasteiger partial charge in [0.25, 0.3) is 0 Å². The van der Waals surface area contributed by atoms with Gasteiger partial charge in [0.1, 0.15) is 11.6 Å². The van der Waals surface area contributed by atoms with Crippen molar-refractivity contribution in [3.8, 4) is 0 Å². The summed E-state index contributed by atoms with van der Waals surface area (Å²) in [7, 11) is 0. The second-order valence-corrected chi connectivity index (χ2v) is 9.25. The molecule has 190 valence electrons. The van der Waals surface area contributed by atoms with Crippen LogP contribution < -0.4 is 0 Å². The van der Waals surface area contributed by atoms with Crippen molar-refractivity contribution in [2.24, 2.45) is 0 Å². The molecule has 5 nitrogen and oxygen atoms in total. The van der Waals surface area contributed by atoms with Gasteiger partial charge in [-0.3, -0.25) is 9.69 Å². The fourth-order valence-electron chi connectivity index (χ4n) is 4.54. The van der Waals surface area contributed by atoms with Crippen LogP contribution in [0.25, 0.3) is 0 Å². The molecule has 7 heteroatoms. The van der Waals surface area contributed by atoms with Gasteiger partial charge in [-0.1, -0.05) is 36.4 Å². The van der Waals surface area contributed by atoms with Crippen LogP contribution in [0, 0.1) is 18.6 Å². The van der Waals surface area contributed by atoms with Crippen LogP contribution in [-0.2, 0) is 22.4 Å². The number of carboxylic acids is 1. The smallest absolute Gasteiger partial charge is 0.303 e. The summed E-state index contributed by atoms with van der Waals surface area (Å²) in [5.41, 5.74) is 2.51. The van der Waals surface area contributed by atoms with E-state index in [9.17, 15) is 18.7 Å². The quantitative estimate of drug-likeness (QED) is 0.413. The molecule has 35 heavy (non-hydrogen) atoms. The van der Waals surface area contributed by atoms with E-state index in [0.29, 0.717) is 29.7 Å². The van der Waals surface area contributed by atoms with Gasteiger partial charge in [-0.15, -0.1) is 0 Å². The minimum absolute atomic E-state index is 0.0879. The van der Waals surface area contributed by atoms with Crippen molar-refractivity contribution < 1.29 is 28.5 Å². The molecule has 3 rings (SSSR count). The molecule has 0 aliphatic carbocycles. The van der Waals surface area contributed by atoms with Crippen LogP contribution in [0.3, 0.4) is 0 Å². The van der Waals surface area contributed by atoms with Gasteiger partial charge in [0.05, 0.1) is 18.8 Å². The standard InChI is InChI=1S/C28H35F2NO4/c1-19-11-12-21(16-27(19)30)6-3-7-22-8-5-15-31(22)17-23(32)18-35-20(2)24-9-4-10-26(29)25(24)13-14-28(33)34/h3-4,7,9-12,16,20,22-23,32H,5-6,8,13-15,17-18H2,1-2H3,(H,33,34)/b7-3+/t20-,22?,23-/m1/s1. The number of carbonyl (C=O) groups is 1. The summed E-state index contributed by atoms with van der Waals surface area (Å²) in [5, 5.41) is 19.5. The summed E-state index contributed by atoms with van der Waals surface area (Å²) in [6.45, 7) is 4.95. The largest absolute Gasteiger partial charge is 0.481 e. The minimum atomic E-state index is -0.983. The number of β-amino-alcohol motifs (C(OH)–C–C–N with tert-alkyl or cyclic N) is 1. The monoisotopic (exact) mass is 487 g/mol. The first-order chi connectivity index (χ1) is 16.7. The maximum Gasteiger partial charge on any atom is 0.303 e. The predicted octanol–water partition coefficient (Wildman–Crippen LogP) is 4.99. The highest BCUT2D eigenvalue weighted by Gasteiger charge is 2.25. The van der Waals surface area contributed by atoms with Crippen LogP contribution in [0.2, 0.25) is 0 Å². The summed E-state index contributed by atoms with van der Waals surface area (Å²) >= 11 is 0. The van der Waals surface area contributed by atoms with Gasteiger partial charge < -0.3 is 14.9 Å². The summed E-state index contributed by atoms with van der Waals surface area (Å²) in [5.74, 6) is -1.62. The number of halogens is 2. The second kappa shape index (κ2) is 12.9. The minimum Gasteiger partial charge on any atom is -0.481 e. The molecule has 2 N–H and O–H groups in total. The highest BCUT2D eigenvalue weighted by molar-refractivity contribution is 5.67. The number of hydrogen-bond acceptors (Lipinski definition) is 4. The Labute approximate surface area is 206 Å². The second-order valence-electron chi connectivity index (χ2n) is 9.25. The van der Waals surface area contributed by atoms with E-state index in [1.54, 1.807) is 38.1 Å². The normalized spacial score (nSPS) is 18.3. The number of benzene rings is 2. The molecule has 1 unspecified atom stereocenters. The molecule has 1 saturated heterocycles. The van der Waals surface area contributed by atoms with E-state index in [2.05, 4.69) is 17.1 Å². The zero-order chi connectivity index (χ0) is 25.4. The topological polar surface area (TPSA) is 70.0 Å². The Bertz CT molecular complexity index is 1030. The maximum atomic E-state index is 14.3. The molecule has 1 heterocycles. The highest BCUT2D eigenvalue weighted by Crippen LogP contribution is 2.25. The third kappa shape index (κ3) is 7.95. The number of aryl methyl sites for hydroxylation is 1. The van der Waals surface area contributed by atoms with E-state index in [1.807, 2.05) is 6.07 Å². The van der Waals surface area contributed by atoms with Crippen LogP contribution in [-0.4, -0.2) is 52.9 Å². The third-order valence-electron chi connectivity index (χ3n) is 6.53. The molecule has 3 atom stereocenters. The van der Waals surface area contributed by atoms with Crippen LogP contribution in [0.1, 0.15) is 54.5 Å². The summed E-state index contributed by atoms with van der Waals surface area (Å²) in [6, 6.07) is 10.1. The van der Waals surface area contributed by atoms with Crippen molar-refractivity contribution in [2.45, 2.75) is 64.2 Å². The van der Waals surface area contributed by atoms with Crippen molar-refractivity contribution >= 4 is 5.97 Å². The van der Waals surface area contributed by atoms with Crippen molar-refractivity contribution in [2.75, 3.05) is 19.7 Å². The number of ether oxygens (including phenoxy) is 1. The number of nitrogens with zero attached hydrogens (tertiary/aromatic N) is 1. The lowest BCUT2D eigenvalue weighted by molar-refractivity contribution is -0.136. The summed E-state index contributed by atoms with van der Waals surface area (Å²) in [4.78, 5) is 13.1. The molecular weight excluding hydrogens is 452 g/mol. The van der Waals surface area contributed by atoms with E-state index in [0.717, 1.165) is 24.9 Å². The molecule has 2 aromatic rings. The van der Waals surface area contributed by atoms with Gasteiger partial charge >= 0.3 is 5.97 Å². The molecule has 0 aromatic heterocycles. The fourth-order valence-corrected chi connectivity index (χ4v) is 4.54. The third-order valence-corrected chi connectivity index (χ3v) is 6.53. The van der Waals surface area contributed by atoms with Crippen LogP contribution in [0.5, 0.6) is 0 Å². The van der Waals surface area contributed by atoms with Gasteiger partial charge in [0.2, 0.25) is 0 Å². The maximum absolute atomic E-state index is 14.3. The van der Waals surface area contributed by atoms with Crippen molar-refractivity contribution in [3.05, 3.63) is 82.4 Å². The molecule has 0 bridgehead atoms. The molecule has 1 aliphatic rings. The number of aliphatic carboxylic acids is 1. The van der Waals surface area contributed by atoms with E-state index >= 15 is 0 Å². The molecule has 1 aliphatic heterocycles. The zero-order valence-corrected chi connectivity index (χ0v) is 20.4. The van der Waals surface area contributed by atoms with Gasteiger partial charge in [-0.05, 0) is 80.5 Å². The van der Waals surface area contributed by atoms with E-state index in [4.69, 9.17) is 9.84 Å². The predicted molar refractivity (Wildman–Crippen MR) is 131 cm³/mol. The Hall–Kier alpha value is -2.61. The van der Waals surface area contributed by atoms with Crippen LogP contribution in [0.15, 0.2) is 48.6 Å². The number of aliphatic hydroxyl groups is 1. The van der Waals surface area contributed by atoms with Crippen molar-refractivity contribution in [1.82, 2.24) is 4.90 Å². The van der Waals surface area contributed by atoms with Crippen LogP contribution >= 0.6 is 0 Å². The Morgan fingerprint density at radius 2 is 2.06 bits per heavy atom. The molecule has 0 spiro atoms. The van der Waals surface area contributed by atoms with Crippen molar-refractivity contribution in [1.29, 1.82) is 0 Å². The van der Waals surface area contributed by atoms with E-state index in [1.165, 1.54) is 6.07 Å². The first-order valence-corrected chi connectivity index (χ1v) is 12.2. The Morgan fingerprint density at radius 1 is 1.26 bits per heavy atom. The number of hydrogen-bond donors (Lipinski definition) is 2. The van der Waals surface area contributed by atoms with Gasteiger partial charge in [-0.2, -0.15) is 0 Å². The number of allylic oxidation sites excluding steroid dienone is 1. The average Bonchev–Trinajstić information content (AvgIpc) is 3.25. The Kier molecular flexibility index (Phi) is 9.95. The van der Waals surface area contributed by atoms with Crippen LogP contribution in [0.4, 0.5) is 8.78 Å². The lowest BCUT2D eigenvalue weighted by Gasteiger charge is -2.26. The Balaban J connectivity index is 1.50. The molecule has 0 amide bonds. The summed E-state index contributed by atoms with van der Waals surface area (Å²) < 4.78 is 33.9. The van der Waals surface area contributed by atoms with Gasteiger partial charge in [-0.25, -0.2) is 8.78 Å². The number of rotatable bonds is 12. The fraction of sp³-hybridized carbons (Fsp3) is 0.464. The molecule has 1 fully saturated rings. The first kappa shape index (κ1) is 27.0. The van der Waals surface area contributed by atoms with Gasteiger partial charge in [0, 0.05) is 19.0 Å². The lowest BCUT2D eigenvalue weighted by Crippen LogP contribution is -2.37.